The second-order valence-corrected chi connectivity index (χ2v) is 6.69. The molecule has 0 radical (unpaired) electrons. The lowest BCUT2D eigenvalue weighted by molar-refractivity contribution is 0.579. The third kappa shape index (κ3) is 8.50. The van der Waals surface area contributed by atoms with Gasteiger partial charge in [-0.3, -0.25) is 0 Å². The lowest BCUT2D eigenvalue weighted by Gasteiger charge is -2.03. The van der Waals surface area contributed by atoms with Gasteiger partial charge in [0.05, 0.1) is 11.3 Å². The van der Waals surface area contributed by atoms with Crippen molar-refractivity contribution in [3.05, 3.63) is 16.1 Å². The van der Waals surface area contributed by atoms with Crippen molar-refractivity contribution in [1.82, 2.24) is 15.0 Å². The number of halogens is 1. The molecule has 0 bridgehead atoms. The van der Waals surface area contributed by atoms with E-state index in [2.05, 4.69) is 15.0 Å². The molecule has 8 heteroatoms. The molecule has 0 fully saturated rings. The third-order valence-corrected chi connectivity index (χ3v) is 3.50. The summed E-state index contributed by atoms with van der Waals surface area (Å²) in [5.41, 5.74) is 0. The molecule has 0 unspecified atom stereocenters. The van der Waals surface area contributed by atoms with Crippen LogP contribution in [0.5, 0.6) is 0 Å². The molecule has 1 aromatic heterocycles. The van der Waals surface area contributed by atoms with E-state index in [1.165, 1.54) is 11.1 Å². The number of thiazole rings is 1. The minimum Gasteiger partial charge on any atom is -0.312 e. The minimum absolute atomic E-state index is 0. The Kier molecular flexibility index (Phi) is 7.89. The fourth-order valence-electron chi connectivity index (χ4n) is 1.17. The molecular formula is C9H18ClN3O2S2. The molecule has 5 nitrogen and oxygen atoms in total. The molecule has 0 saturated heterocycles. The predicted octanol–water partition coefficient (Wildman–Crippen LogP) is 0.902. The molecule has 1 aromatic rings. The van der Waals surface area contributed by atoms with Gasteiger partial charge in [-0.1, -0.05) is 0 Å². The van der Waals surface area contributed by atoms with Crippen molar-refractivity contribution in [2.24, 2.45) is 0 Å². The summed E-state index contributed by atoms with van der Waals surface area (Å²) in [4.78, 5) is 5.35. The number of aryl methyl sites for hydroxylation is 1. The highest BCUT2D eigenvalue weighted by Crippen LogP contribution is 2.10. The maximum atomic E-state index is 10.8. The van der Waals surface area contributed by atoms with E-state index in [9.17, 15) is 8.42 Å². The summed E-state index contributed by atoms with van der Waals surface area (Å²) in [5.74, 6) is 0. The number of nitrogens with zero attached hydrogens (tertiary/aromatic N) is 1. The molecule has 2 N–H and O–H groups in total. The quantitative estimate of drug-likeness (QED) is 0.734. The Morgan fingerprint density at radius 3 is 2.65 bits per heavy atom. The monoisotopic (exact) mass is 299 g/mol. The molecule has 17 heavy (non-hydrogen) atoms. The van der Waals surface area contributed by atoms with E-state index in [0.29, 0.717) is 6.54 Å². The van der Waals surface area contributed by atoms with Crippen LogP contribution >= 0.6 is 23.7 Å². The lowest BCUT2D eigenvalue weighted by atomic mass is 10.4. The van der Waals surface area contributed by atoms with Gasteiger partial charge in [0, 0.05) is 24.2 Å². The summed E-state index contributed by atoms with van der Waals surface area (Å²) in [6.07, 6.45) is 3.81. The first-order valence-corrected chi connectivity index (χ1v) is 7.75. The Morgan fingerprint density at radius 2 is 2.12 bits per heavy atom. The van der Waals surface area contributed by atoms with Gasteiger partial charge in [-0.2, -0.15) is 0 Å². The maximum absolute atomic E-state index is 10.8. The molecule has 0 amide bonds. The average molecular weight is 300 g/mol. The van der Waals surface area contributed by atoms with Crippen molar-refractivity contribution in [3.8, 4) is 0 Å². The molecule has 1 heterocycles. The Balaban J connectivity index is 0.00000256. The van der Waals surface area contributed by atoms with Gasteiger partial charge < -0.3 is 5.32 Å². The van der Waals surface area contributed by atoms with E-state index < -0.39 is 10.0 Å². The highest BCUT2D eigenvalue weighted by molar-refractivity contribution is 7.88. The summed E-state index contributed by atoms with van der Waals surface area (Å²) in [7, 11) is -3.05. The fraction of sp³-hybridized carbons (Fsp3) is 0.667. The first-order chi connectivity index (χ1) is 7.47. The van der Waals surface area contributed by atoms with Crippen LogP contribution in [0.1, 0.15) is 16.3 Å². The largest absolute Gasteiger partial charge is 0.312 e. The van der Waals surface area contributed by atoms with Gasteiger partial charge in [0.25, 0.3) is 0 Å². The van der Waals surface area contributed by atoms with E-state index in [4.69, 9.17) is 0 Å². The van der Waals surface area contributed by atoms with Gasteiger partial charge >= 0.3 is 0 Å². The van der Waals surface area contributed by atoms with Crippen LogP contribution in [0.15, 0.2) is 6.20 Å². The predicted molar refractivity (Wildman–Crippen MR) is 73.3 cm³/mol. The Bertz CT molecular complexity index is 420. The second kappa shape index (κ2) is 7.99. The topological polar surface area (TPSA) is 71.1 Å². The average Bonchev–Trinajstić information content (AvgIpc) is 2.56. The summed E-state index contributed by atoms with van der Waals surface area (Å²) < 4.78 is 23.9. The second-order valence-electron chi connectivity index (χ2n) is 3.54. The molecule has 0 aliphatic carbocycles. The Labute approximate surface area is 112 Å². The summed E-state index contributed by atoms with van der Waals surface area (Å²) in [6, 6.07) is 0. The van der Waals surface area contributed by atoms with E-state index in [-0.39, 0.29) is 12.4 Å². The van der Waals surface area contributed by atoms with Crippen LogP contribution in [0.3, 0.4) is 0 Å². The third-order valence-electron chi connectivity index (χ3n) is 1.86. The number of aromatic nitrogens is 1. The van der Waals surface area contributed by atoms with Crippen molar-refractivity contribution >= 4 is 33.8 Å². The van der Waals surface area contributed by atoms with E-state index in [1.807, 2.05) is 13.1 Å². The van der Waals surface area contributed by atoms with E-state index in [1.54, 1.807) is 11.3 Å². The number of hydrogen-bond donors (Lipinski definition) is 2. The summed E-state index contributed by atoms with van der Waals surface area (Å²) >= 11 is 1.67. The van der Waals surface area contributed by atoms with Crippen LogP contribution in [0.2, 0.25) is 0 Å². The first kappa shape index (κ1) is 16.8. The first-order valence-electron chi connectivity index (χ1n) is 5.04. The zero-order chi connectivity index (χ0) is 12.0. The van der Waals surface area contributed by atoms with E-state index in [0.717, 1.165) is 24.5 Å². The molecule has 0 aromatic carbocycles. The van der Waals surface area contributed by atoms with Crippen LogP contribution in [0, 0.1) is 6.92 Å². The van der Waals surface area contributed by atoms with Crippen LogP contribution in [-0.4, -0.2) is 32.7 Å². The summed E-state index contributed by atoms with van der Waals surface area (Å²) in [6.45, 7) is 4.04. The van der Waals surface area contributed by atoms with Crippen LogP contribution in [0.25, 0.3) is 0 Å². The standard InChI is InChI=1S/C9H17N3O2S2.ClH/c1-8-11-7-9(15-8)6-10-4-3-5-12-16(2,13)14;/h7,10,12H,3-6H2,1-2H3;1H. The van der Waals surface area contributed by atoms with Crippen LogP contribution < -0.4 is 10.0 Å². The van der Waals surface area contributed by atoms with Gasteiger partial charge in [0.15, 0.2) is 0 Å². The van der Waals surface area contributed by atoms with E-state index >= 15 is 0 Å². The normalized spacial score (nSPS) is 11.2. The lowest BCUT2D eigenvalue weighted by Crippen LogP contribution is -2.26. The minimum atomic E-state index is -3.05. The molecular weight excluding hydrogens is 282 g/mol. The van der Waals surface area contributed by atoms with Gasteiger partial charge in [0.1, 0.15) is 0 Å². The Hall–Kier alpha value is -0.210. The van der Waals surface area contributed by atoms with Crippen molar-refractivity contribution < 1.29 is 8.42 Å². The van der Waals surface area contributed by atoms with Crippen LogP contribution in [-0.2, 0) is 16.6 Å². The molecule has 0 aliphatic heterocycles. The smallest absolute Gasteiger partial charge is 0.208 e. The zero-order valence-corrected chi connectivity index (χ0v) is 12.3. The van der Waals surface area contributed by atoms with Crippen LogP contribution in [0.4, 0.5) is 0 Å². The number of nitrogens with one attached hydrogen (secondary N) is 2. The summed E-state index contributed by atoms with van der Waals surface area (Å²) in [5, 5.41) is 4.30. The molecule has 0 aliphatic rings. The van der Waals surface area contributed by atoms with Gasteiger partial charge in [-0.15, -0.1) is 23.7 Å². The van der Waals surface area contributed by atoms with Crippen molar-refractivity contribution in [3.63, 3.8) is 0 Å². The number of rotatable bonds is 7. The zero-order valence-electron chi connectivity index (χ0n) is 9.89. The highest BCUT2D eigenvalue weighted by Gasteiger charge is 1.99. The molecule has 0 spiro atoms. The Morgan fingerprint density at radius 1 is 1.41 bits per heavy atom. The van der Waals surface area contributed by atoms with Gasteiger partial charge in [-0.25, -0.2) is 18.1 Å². The number of hydrogen-bond acceptors (Lipinski definition) is 5. The van der Waals surface area contributed by atoms with Crippen molar-refractivity contribution in [2.75, 3.05) is 19.3 Å². The fourth-order valence-corrected chi connectivity index (χ4v) is 2.45. The molecule has 0 saturated carbocycles. The van der Waals surface area contributed by atoms with Gasteiger partial charge in [0.2, 0.25) is 10.0 Å². The maximum Gasteiger partial charge on any atom is 0.208 e. The molecule has 100 valence electrons. The van der Waals surface area contributed by atoms with Crippen molar-refractivity contribution in [1.29, 1.82) is 0 Å². The molecule has 1 rings (SSSR count). The van der Waals surface area contributed by atoms with Gasteiger partial charge in [-0.05, 0) is 19.9 Å². The molecule has 0 atom stereocenters. The number of sulfonamides is 1. The highest BCUT2D eigenvalue weighted by atomic mass is 35.5. The SMILES string of the molecule is Cc1ncc(CNCCCNS(C)(=O)=O)s1.Cl. The van der Waals surface area contributed by atoms with Crippen molar-refractivity contribution in [2.45, 2.75) is 19.9 Å².